The van der Waals surface area contributed by atoms with Crippen LogP contribution in [0.4, 0.5) is 5.69 Å². The number of Topliss-reactive ketones (excluding diaryl/α,β-unsaturated/α-hetero) is 1. The van der Waals surface area contributed by atoms with E-state index in [4.69, 9.17) is 0 Å². The van der Waals surface area contributed by atoms with Crippen LogP contribution in [0.25, 0.3) is 5.70 Å². The molecule has 0 aliphatic carbocycles. The number of benzene rings is 2. The van der Waals surface area contributed by atoms with Gasteiger partial charge in [0, 0.05) is 29.4 Å². The summed E-state index contributed by atoms with van der Waals surface area (Å²) < 4.78 is 0. The number of para-hydroxylation sites is 1. The van der Waals surface area contributed by atoms with Crippen molar-refractivity contribution in [2.24, 2.45) is 11.8 Å². The van der Waals surface area contributed by atoms with Crippen molar-refractivity contribution in [1.82, 2.24) is 0 Å². The summed E-state index contributed by atoms with van der Waals surface area (Å²) in [7, 11) is 0. The second-order valence-corrected chi connectivity index (χ2v) is 8.24. The smallest absolute Gasteiger partial charge is 0.165 e. The van der Waals surface area contributed by atoms with Gasteiger partial charge in [-0.05, 0) is 61.4 Å². The van der Waals surface area contributed by atoms with Crippen LogP contribution in [0.15, 0.2) is 54.6 Å². The number of carbonyl (C=O) groups is 1. The molecule has 0 aliphatic rings. The minimum atomic E-state index is 0.0687. The van der Waals surface area contributed by atoms with E-state index >= 15 is 0 Å². The molecule has 1 atom stereocenters. The monoisotopic (exact) mass is 417 g/mol. The fourth-order valence-electron chi connectivity index (χ4n) is 3.60. The van der Waals surface area contributed by atoms with E-state index in [9.17, 15) is 4.79 Å². The predicted molar refractivity (Wildman–Crippen MR) is 136 cm³/mol. The van der Waals surface area contributed by atoms with E-state index in [-0.39, 0.29) is 11.7 Å². The molecule has 1 unspecified atom stereocenters. The molecule has 166 valence electrons. The Balaban J connectivity index is 0.00000233. The summed E-state index contributed by atoms with van der Waals surface area (Å²) in [6.07, 6.45) is 13.1. The van der Waals surface area contributed by atoms with Gasteiger partial charge >= 0.3 is 0 Å². The second kappa shape index (κ2) is 13.5. The fraction of sp³-hybridized carbons (Fsp3) is 0.414. The molecule has 31 heavy (non-hydrogen) atoms. The van der Waals surface area contributed by atoms with Gasteiger partial charge in [-0.1, -0.05) is 71.0 Å². The van der Waals surface area contributed by atoms with E-state index in [1.165, 1.54) is 16.9 Å². The maximum absolute atomic E-state index is 12.8. The number of hydrogen-bond donors (Lipinski definition) is 0. The Kier molecular flexibility index (Phi) is 11.4. The van der Waals surface area contributed by atoms with Gasteiger partial charge in [-0.2, -0.15) is 0 Å². The molecule has 2 rings (SSSR count). The number of anilines is 1. The largest absolute Gasteiger partial charge is 0.341 e. The van der Waals surface area contributed by atoms with E-state index in [0.29, 0.717) is 5.92 Å². The topological polar surface area (TPSA) is 20.3 Å². The van der Waals surface area contributed by atoms with Crippen LogP contribution in [0.2, 0.25) is 0 Å². The van der Waals surface area contributed by atoms with E-state index in [2.05, 4.69) is 101 Å². The summed E-state index contributed by atoms with van der Waals surface area (Å²) in [5.74, 6) is 0.970. The summed E-state index contributed by atoms with van der Waals surface area (Å²) >= 11 is 0. The minimum absolute atomic E-state index is 0.0687. The molecule has 0 spiro atoms. The second-order valence-electron chi connectivity index (χ2n) is 8.24. The molecule has 0 radical (unpaired) electrons. The van der Waals surface area contributed by atoms with Crippen LogP contribution in [-0.4, -0.2) is 12.3 Å². The molecule has 0 aliphatic heterocycles. The molecule has 0 aromatic heterocycles. The normalized spacial score (nSPS) is 12.1. The summed E-state index contributed by atoms with van der Waals surface area (Å²) in [4.78, 5) is 15.2. The molecule has 0 heterocycles. The number of nitrogens with zero attached hydrogens (tertiary/aromatic N) is 1. The van der Waals surface area contributed by atoms with Gasteiger partial charge in [0.2, 0.25) is 0 Å². The lowest BCUT2D eigenvalue weighted by Gasteiger charge is -2.29. The zero-order valence-electron chi connectivity index (χ0n) is 20.2. The quantitative estimate of drug-likeness (QED) is 0.292. The summed E-state index contributed by atoms with van der Waals surface area (Å²) in [6, 6.07) is 17.0. The van der Waals surface area contributed by atoms with Gasteiger partial charge in [0.1, 0.15) is 0 Å². The molecule has 0 saturated carbocycles. The van der Waals surface area contributed by atoms with Gasteiger partial charge in [-0.3, -0.25) is 4.79 Å². The van der Waals surface area contributed by atoms with Crippen LogP contribution in [0.1, 0.15) is 75.9 Å². The van der Waals surface area contributed by atoms with Crippen molar-refractivity contribution in [2.45, 2.75) is 60.8 Å². The molecule has 2 nitrogen and oxygen atoms in total. The molecule has 0 fully saturated rings. The number of terminal acetylenes is 1. The van der Waals surface area contributed by atoms with Gasteiger partial charge in [0.05, 0.1) is 0 Å². The van der Waals surface area contributed by atoms with E-state index in [1.54, 1.807) is 0 Å². The van der Waals surface area contributed by atoms with Crippen molar-refractivity contribution in [3.8, 4) is 12.8 Å². The summed E-state index contributed by atoms with van der Waals surface area (Å²) in [6.45, 7) is 13.8. The number of aryl methyl sites for hydroxylation is 1. The first kappa shape index (κ1) is 26.2. The molecule has 2 aromatic rings. The Labute approximate surface area is 190 Å². The highest BCUT2D eigenvalue weighted by atomic mass is 16.1. The molecule has 2 aromatic carbocycles. The average molecular weight is 418 g/mol. The van der Waals surface area contributed by atoms with Crippen molar-refractivity contribution < 1.29 is 4.79 Å². The maximum Gasteiger partial charge on any atom is 0.165 e. The highest BCUT2D eigenvalue weighted by Crippen LogP contribution is 2.29. The third-order valence-corrected chi connectivity index (χ3v) is 5.67. The lowest BCUT2D eigenvalue weighted by atomic mass is 9.91. The third-order valence-electron chi connectivity index (χ3n) is 5.67. The van der Waals surface area contributed by atoms with Gasteiger partial charge in [0.15, 0.2) is 5.78 Å². The fourth-order valence-corrected chi connectivity index (χ4v) is 3.60. The Hall–Kier alpha value is -2.79. The molecular weight excluding hydrogens is 378 g/mol. The van der Waals surface area contributed by atoms with Crippen LogP contribution < -0.4 is 4.90 Å². The molecular formula is C29H39NO. The zero-order chi connectivity index (χ0) is 23.4. The maximum atomic E-state index is 12.8. The van der Waals surface area contributed by atoms with Gasteiger partial charge in [-0.15, -0.1) is 12.8 Å². The van der Waals surface area contributed by atoms with E-state index in [1.807, 2.05) is 13.0 Å². The van der Waals surface area contributed by atoms with Gasteiger partial charge in [-0.25, -0.2) is 0 Å². The van der Waals surface area contributed by atoms with Gasteiger partial charge in [0.25, 0.3) is 0 Å². The molecule has 0 amide bonds. The highest BCUT2D eigenvalue weighted by molar-refractivity contribution is 5.99. The first-order valence-electron chi connectivity index (χ1n) is 11.4. The summed E-state index contributed by atoms with van der Waals surface area (Å²) in [5.41, 5.74) is 5.62. The Bertz CT molecular complexity index is 861. The first-order chi connectivity index (χ1) is 14.9. The van der Waals surface area contributed by atoms with Crippen LogP contribution in [-0.2, 0) is 6.42 Å². The molecule has 0 saturated heterocycles. The van der Waals surface area contributed by atoms with Crippen LogP contribution in [0.3, 0.4) is 0 Å². The Morgan fingerprint density at radius 3 is 2.19 bits per heavy atom. The highest BCUT2D eigenvalue weighted by Gasteiger charge is 2.19. The van der Waals surface area contributed by atoms with E-state index in [0.717, 1.165) is 36.9 Å². The number of rotatable bonds is 10. The van der Waals surface area contributed by atoms with Crippen LogP contribution >= 0.6 is 0 Å². The number of carbonyl (C=O) groups excluding carboxylic acids is 1. The zero-order valence-corrected chi connectivity index (χ0v) is 20.2. The van der Waals surface area contributed by atoms with Crippen LogP contribution in [0.5, 0.6) is 0 Å². The Morgan fingerprint density at radius 2 is 1.68 bits per heavy atom. The predicted octanol–water partition coefficient (Wildman–Crippen LogP) is 7.64. The standard InChI is InChI=1S/C27H37NO.C2H2/c1-7-21(6)27(29)25-16-15-23(19-22(25)8-2)26(9-3)28(18-17-20(4)5)24-13-11-10-12-14-24;1-2/h9-16,19-21H,7-8,17-18H2,1-6H3;1-2H/b26-9-;. The van der Waals surface area contributed by atoms with Crippen LogP contribution in [0, 0.1) is 24.7 Å². The average Bonchev–Trinajstić information content (AvgIpc) is 2.82. The number of hydrogen-bond acceptors (Lipinski definition) is 2. The first-order valence-corrected chi connectivity index (χ1v) is 11.4. The van der Waals surface area contributed by atoms with Crippen molar-refractivity contribution >= 4 is 17.2 Å². The molecule has 0 N–H and O–H groups in total. The molecule has 2 heteroatoms. The number of allylic oxidation sites excluding steroid dienone is 1. The van der Waals surface area contributed by atoms with Crippen molar-refractivity contribution in [1.29, 1.82) is 0 Å². The summed E-state index contributed by atoms with van der Waals surface area (Å²) in [5, 5.41) is 0. The third kappa shape index (κ3) is 7.14. The lowest BCUT2D eigenvalue weighted by Crippen LogP contribution is -2.24. The minimum Gasteiger partial charge on any atom is -0.341 e. The number of ketones is 1. The van der Waals surface area contributed by atoms with Crippen molar-refractivity contribution in [2.75, 3.05) is 11.4 Å². The van der Waals surface area contributed by atoms with Crippen molar-refractivity contribution in [3.05, 3.63) is 71.3 Å². The van der Waals surface area contributed by atoms with Gasteiger partial charge < -0.3 is 4.90 Å². The van der Waals surface area contributed by atoms with E-state index < -0.39 is 0 Å². The van der Waals surface area contributed by atoms with Crippen molar-refractivity contribution in [3.63, 3.8) is 0 Å². The molecule has 0 bridgehead atoms. The Morgan fingerprint density at radius 1 is 1.03 bits per heavy atom. The SMILES string of the molecule is C#C.C/C=C(/c1ccc(C(=O)C(C)CC)c(CC)c1)N(CCC(C)C)c1ccccc1. The lowest BCUT2D eigenvalue weighted by molar-refractivity contribution is 0.0926.